The summed E-state index contributed by atoms with van der Waals surface area (Å²) in [6, 6.07) is 0. The molecule has 0 aliphatic heterocycles. The van der Waals surface area contributed by atoms with Crippen molar-refractivity contribution in [3.63, 3.8) is 0 Å². The van der Waals surface area contributed by atoms with Gasteiger partial charge in [-0.15, -0.1) is 0 Å². The van der Waals surface area contributed by atoms with Crippen LogP contribution in [0.3, 0.4) is 0 Å². The Morgan fingerprint density at radius 3 is 2.58 bits per heavy atom. The first kappa shape index (κ1) is 18.0. The maximum Gasteiger partial charge on any atom is 0.355 e. The molecule has 1 aromatic heterocycles. The number of hydrogen-bond donors (Lipinski definition) is 1. The van der Waals surface area contributed by atoms with Crippen molar-refractivity contribution in [3.05, 3.63) is 34.7 Å². The van der Waals surface area contributed by atoms with Gasteiger partial charge in [0.2, 0.25) is 5.78 Å². The molecule has 0 bridgehead atoms. The Balaban J connectivity index is 2.03. The molecule has 0 amide bonds. The van der Waals surface area contributed by atoms with Crippen molar-refractivity contribution >= 4 is 17.7 Å². The van der Waals surface area contributed by atoms with Gasteiger partial charge in [0.15, 0.2) is 6.61 Å². The molecule has 0 saturated carbocycles. The Kier molecular flexibility index (Phi) is 5.95. The minimum atomic E-state index is -0.497. The third kappa shape index (κ3) is 3.93. The highest BCUT2D eigenvalue weighted by Crippen LogP contribution is 2.21. The molecule has 1 heterocycles. The first-order chi connectivity index (χ1) is 11.5. The summed E-state index contributed by atoms with van der Waals surface area (Å²) in [5, 5.41) is 0. The highest BCUT2D eigenvalue weighted by Gasteiger charge is 2.25. The second kappa shape index (κ2) is 7.95. The number of Topliss-reactive ketones (excluding diaryl/α,β-unsaturated/α-hetero) is 1. The van der Waals surface area contributed by atoms with Crippen LogP contribution in [-0.2, 0) is 14.3 Å². The summed E-state index contributed by atoms with van der Waals surface area (Å²) in [5.41, 5.74) is 1.74. The lowest BCUT2D eigenvalue weighted by molar-refractivity contribution is -0.147. The number of allylic oxidation sites excluding steroid dienone is 2. The van der Waals surface area contributed by atoms with Crippen LogP contribution in [0.5, 0.6) is 0 Å². The van der Waals surface area contributed by atoms with Gasteiger partial charge in [0.1, 0.15) is 5.69 Å². The summed E-state index contributed by atoms with van der Waals surface area (Å²) in [5.74, 6) is -1.34. The molecule has 130 valence electrons. The second-order valence-corrected chi connectivity index (χ2v) is 5.86. The van der Waals surface area contributed by atoms with Crippen LogP contribution in [0, 0.1) is 19.8 Å². The standard InChI is InChI=1S/C18H23NO5/c1-4-23-18(22)16-11(2)15(12(3)19-16)14(20)10-24-17(21)13-8-6-5-7-9-13/h5-6,13,19H,4,7-10H2,1-3H3. The summed E-state index contributed by atoms with van der Waals surface area (Å²) >= 11 is 0. The van der Waals surface area contributed by atoms with Gasteiger partial charge in [-0.05, 0) is 45.6 Å². The number of carbonyl (C=O) groups excluding carboxylic acids is 3. The van der Waals surface area contributed by atoms with Crippen molar-refractivity contribution in [1.29, 1.82) is 0 Å². The topological polar surface area (TPSA) is 85.5 Å². The van der Waals surface area contributed by atoms with Crippen LogP contribution in [0.4, 0.5) is 0 Å². The minimum Gasteiger partial charge on any atom is -0.461 e. The van der Waals surface area contributed by atoms with Crippen LogP contribution < -0.4 is 0 Å². The first-order valence-corrected chi connectivity index (χ1v) is 8.16. The maximum atomic E-state index is 12.4. The van der Waals surface area contributed by atoms with E-state index in [0.717, 1.165) is 12.8 Å². The van der Waals surface area contributed by atoms with Crippen LogP contribution in [0.15, 0.2) is 12.2 Å². The molecular formula is C18H23NO5. The summed E-state index contributed by atoms with van der Waals surface area (Å²) in [4.78, 5) is 39.2. The van der Waals surface area contributed by atoms with E-state index in [4.69, 9.17) is 9.47 Å². The fraction of sp³-hybridized carbons (Fsp3) is 0.500. The van der Waals surface area contributed by atoms with Gasteiger partial charge in [-0.1, -0.05) is 12.2 Å². The molecule has 2 rings (SSSR count). The number of hydrogen-bond acceptors (Lipinski definition) is 5. The molecule has 1 atom stereocenters. The van der Waals surface area contributed by atoms with Crippen molar-refractivity contribution in [3.8, 4) is 0 Å². The normalized spacial score (nSPS) is 16.7. The molecule has 1 N–H and O–H groups in total. The summed E-state index contributed by atoms with van der Waals surface area (Å²) in [6.45, 7) is 5.04. The summed E-state index contributed by atoms with van der Waals surface area (Å²) in [7, 11) is 0. The number of H-pyrrole nitrogens is 1. The zero-order valence-corrected chi connectivity index (χ0v) is 14.3. The van der Waals surface area contributed by atoms with Crippen LogP contribution in [0.2, 0.25) is 0 Å². The molecule has 1 unspecified atom stereocenters. The van der Waals surface area contributed by atoms with Crippen molar-refractivity contribution < 1.29 is 23.9 Å². The fourth-order valence-corrected chi connectivity index (χ4v) is 2.91. The quantitative estimate of drug-likeness (QED) is 0.491. The van der Waals surface area contributed by atoms with Crippen LogP contribution in [0.1, 0.15) is 58.3 Å². The van der Waals surface area contributed by atoms with Crippen LogP contribution in [0.25, 0.3) is 0 Å². The molecule has 1 aliphatic rings. The van der Waals surface area contributed by atoms with E-state index in [-0.39, 0.29) is 36.6 Å². The molecule has 0 aromatic carbocycles. The number of ether oxygens (including phenoxy) is 2. The molecular weight excluding hydrogens is 310 g/mol. The molecule has 0 fully saturated rings. The molecule has 0 spiro atoms. The van der Waals surface area contributed by atoms with E-state index >= 15 is 0 Å². The van der Waals surface area contributed by atoms with E-state index in [0.29, 0.717) is 23.2 Å². The Bertz CT molecular complexity index is 671. The average Bonchev–Trinajstić information content (AvgIpc) is 2.88. The van der Waals surface area contributed by atoms with Gasteiger partial charge < -0.3 is 14.5 Å². The summed E-state index contributed by atoms with van der Waals surface area (Å²) < 4.78 is 10.1. The predicted octanol–water partition coefficient (Wildman–Crippen LogP) is 2.89. The molecule has 1 aromatic rings. The Morgan fingerprint density at radius 1 is 1.21 bits per heavy atom. The van der Waals surface area contributed by atoms with E-state index in [2.05, 4.69) is 4.98 Å². The minimum absolute atomic E-state index is 0.175. The lowest BCUT2D eigenvalue weighted by Gasteiger charge is -2.16. The molecule has 6 heteroatoms. The van der Waals surface area contributed by atoms with E-state index < -0.39 is 5.97 Å². The number of aromatic amines is 1. The molecule has 24 heavy (non-hydrogen) atoms. The van der Waals surface area contributed by atoms with Gasteiger partial charge in [0.25, 0.3) is 0 Å². The van der Waals surface area contributed by atoms with Crippen molar-refractivity contribution in [2.75, 3.05) is 13.2 Å². The van der Waals surface area contributed by atoms with Gasteiger partial charge in [0.05, 0.1) is 12.5 Å². The van der Waals surface area contributed by atoms with E-state index in [1.807, 2.05) is 12.2 Å². The SMILES string of the molecule is CCOC(=O)c1[nH]c(C)c(C(=O)COC(=O)C2CC=CCC2)c1C. The monoisotopic (exact) mass is 333 g/mol. The first-order valence-electron chi connectivity index (χ1n) is 8.16. The zero-order chi connectivity index (χ0) is 17.7. The van der Waals surface area contributed by atoms with Crippen LogP contribution >= 0.6 is 0 Å². The number of carbonyl (C=O) groups is 3. The highest BCUT2D eigenvalue weighted by atomic mass is 16.5. The third-order valence-electron chi connectivity index (χ3n) is 4.14. The number of esters is 2. The molecule has 0 saturated heterocycles. The van der Waals surface area contributed by atoms with E-state index in [1.54, 1.807) is 20.8 Å². The summed E-state index contributed by atoms with van der Waals surface area (Å²) in [6.07, 6.45) is 6.26. The van der Waals surface area contributed by atoms with Gasteiger partial charge in [-0.2, -0.15) is 0 Å². The van der Waals surface area contributed by atoms with Gasteiger partial charge in [-0.25, -0.2) is 4.79 Å². The largest absolute Gasteiger partial charge is 0.461 e. The Labute approximate surface area is 141 Å². The average molecular weight is 333 g/mol. The van der Waals surface area contributed by atoms with Crippen LogP contribution in [-0.4, -0.2) is 35.9 Å². The molecule has 0 radical (unpaired) electrons. The lowest BCUT2D eigenvalue weighted by Crippen LogP contribution is -2.22. The zero-order valence-electron chi connectivity index (χ0n) is 14.3. The number of aromatic nitrogens is 1. The van der Waals surface area contributed by atoms with Crippen molar-refractivity contribution in [1.82, 2.24) is 4.98 Å². The molecule has 1 aliphatic carbocycles. The number of nitrogens with one attached hydrogen (secondary N) is 1. The highest BCUT2D eigenvalue weighted by molar-refractivity contribution is 6.03. The van der Waals surface area contributed by atoms with E-state index in [1.165, 1.54) is 0 Å². The fourth-order valence-electron chi connectivity index (χ4n) is 2.91. The number of aryl methyl sites for hydroxylation is 1. The van der Waals surface area contributed by atoms with Gasteiger partial charge >= 0.3 is 11.9 Å². The maximum absolute atomic E-state index is 12.4. The van der Waals surface area contributed by atoms with Crippen molar-refractivity contribution in [2.24, 2.45) is 5.92 Å². The predicted molar refractivity (Wildman–Crippen MR) is 88.0 cm³/mol. The second-order valence-electron chi connectivity index (χ2n) is 5.86. The Hall–Kier alpha value is -2.37. The van der Waals surface area contributed by atoms with Gasteiger partial charge in [0, 0.05) is 11.3 Å². The lowest BCUT2D eigenvalue weighted by atomic mass is 9.95. The van der Waals surface area contributed by atoms with Gasteiger partial charge in [-0.3, -0.25) is 9.59 Å². The molecule has 6 nitrogen and oxygen atoms in total. The van der Waals surface area contributed by atoms with Crippen molar-refractivity contribution in [2.45, 2.75) is 40.0 Å². The van der Waals surface area contributed by atoms with E-state index in [9.17, 15) is 14.4 Å². The third-order valence-corrected chi connectivity index (χ3v) is 4.14. The smallest absolute Gasteiger partial charge is 0.355 e. The Morgan fingerprint density at radius 2 is 1.96 bits per heavy atom. The number of ketones is 1. The number of rotatable bonds is 6.